The number of hydrogen-bond acceptors (Lipinski definition) is 3. The molecule has 0 amide bonds. The van der Waals surface area contributed by atoms with Gasteiger partial charge in [-0.15, -0.1) is 0 Å². The van der Waals surface area contributed by atoms with E-state index in [1.54, 1.807) is 0 Å². The molecule has 110 valence electrons. The van der Waals surface area contributed by atoms with E-state index in [0.717, 1.165) is 18.4 Å². The average Bonchev–Trinajstić information content (AvgIpc) is 2.90. The third kappa shape index (κ3) is 2.27. The molecule has 1 aliphatic heterocycles. The van der Waals surface area contributed by atoms with Crippen LogP contribution in [0.15, 0.2) is 0 Å². The zero-order chi connectivity index (χ0) is 13.6. The summed E-state index contributed by atoms with van der Waals surface area (Å²) in [5, 5.41) is 13.4. The van der Waals surface area contributed by atoms with Gasteiger partial charge >= 0.3 is 0 Å². The summed E-state index contributed by atoms with van der Waals surface area (Å²) >= 11 is 0. The summed E-state index contributed by atoms with van der Waals surface area (Å²) in [6.07, 6.45) is 11.7. The first-order valence-corrected chi connectivity index (χ1v) is 8.72. The second kappa shape index (κ2) is 5.00. The van der Waals surface area contributed by atoms with Gasteiger partial charge in [-0.25, -0.2) is 0 Å². The summed E-state index contributed by atoms with van der Waals surface area (Å²) in [5.74, 6) is 1.58. The molecule has 4 fully saturated rings. The van der Waals surface area contributed by atoms with Crippen LogP contribution in [0.4, 0.5) is 0 Å². The Bertz CT molecular complexity index is 411. The molecule has 4 atom stereocenters. The van der Waals surface area contributed by atoms with Crippen molar-refractivity contribution in [1.29, 1.82) is 5.26 Å². The Labute approximate surface area is 122 Å². The lowest BCUT2D eigenvalue weighted by atomic mass is 9.85. The maximum atomic E-state index is 9.73. The molecule has 4 unspecified atom stereocenters. The minimum absolute atomic E-state index is 0.181. The van der Waals surface area contributed by atoms with Gasteiger partial charge in [0.1, 0.15) is 5.54 Å². The topological polar surface area (TPSA) is 39.1 Å². The molecule has 0 aromatic carbocycles. The molecule has 0 radical (unpaired) electrons. The monoisotopic (exact) mass is 273 g/mol. The van der Waals surface area contributed by atoms with Gasteiger partial charge in [0, 0.05) is 18.6 Å². The van der Waals surface area contributed by atoms with Gasteiger partial charge < -0.3 is 4.90 Å². The third-order valence-corrected chi connectivity index (χ3v) is 6.35. The second-order valence-electron chi connectivity index (χ2n) is 7.71. The summed E-state index contributed by atoms with van der Waals surface area (Å²) < 4.78 is 0. The van der Waals surface area contributed by atoms with Crippen LogP contribution < -0.4 is 5.32 Å². The van der Waals surface area contributed by atoms with E-state index in [-0.39, 0.29) is 5.54 Å². The molecular formula is C17H27N3. The summed E-state index contributed by atoms with van der Waals surface area (Å²) in [7, 11) is 0. The molecule has 0 aromatic heterocycles. The first-order valence-electron chi connectivity index (χ1n) is 8.72. The number of likely N-dealkylation sites (tertiary alicyclic amines) is 1. The second-order valence-corrected chi connectivity index (χ2v) is 7.71. The first kappa shape index (κ1) is 13.1. The largest absolute Gasteiger partial charge is 0.300 e. The lowest BCUT2D eigenvalue weighted by molar-refractivity contribution is 0.183. The molecule has 1 heterocycles. The zero-order valence-electron chi connectivity index (χ0n) is 12.5. The number of piperidine rings is 1. The van der Waals surface area contributed by atoms with E-state index in [9.17, 15) is 5.26 Å². The van der Waals surface area contributed by atoms with Gasteiger partial charge in [0.15, 0.2) is 0 Å². The minimum atomic E-state index is -0.181. The molecule has 4 rings (SSSR count). The van der Waals surface area contributed by atoms with Crippen LogP contribution >= 0.6 is 0 Å². The van der Waals surface area contributed by atoms with Crippen molar-refractivity contribution in [2.75, 3.05) is 13.1 Å². The van der Waals surface area contributed by atoms with Gasteiger partial charge in [0.25, 0.3) is 0 Å². The zero-order valence-corrected chi connectivity index (χ0v) is 12.5. The lowest BCUT2D eigenvalue weighted by Crippen LogP contribution is -2.49. The Morgan fingerprint density at radius 1 is 1.20 bits per heavy atom. The van der Waals surface area contributed by atoms with E-state index in [1.807, 2.05) is 0 Å². The molecule has 20 heavy (non-hydrogen) atoms. The van der Waals surface area contributed by atoms with Crippen molar-refractivity contribution < 1.29 is 0 Å². The first-order chi connectivity index (χ1) is 9.79. The van der Waals surface area contributed by atoms with Crippen LogP contribution in [0.3, 0.4) is 0 Å². The summed E-state index contributed by atoms with van der Waals surface area (Å²) in [6.45, 7) is 2.58. The van der Waals surface area contributed by atoms with E-state index in [4.69, 9.17) is 0 Å². The average molecular weight is 273 g/mol. The van der Waals surface area contributed by atoms with Crippen LogP contribution in [-0.4, -0.2) is 35.6 Å². The van der Waals surface area contributed by atoms with E-state index >= 15 is 0 Å². The standard InChI is InChI=1S/C17H27N3/c18-12-17(19-15-4-5-15)8-1-2-14(17)7-9-20-11-13-3-6-16(20)10-13/h13-16,19H,1-11H2. The molecule has 4 aliphatic rings. The molecule has 1 N–H and O–H groups in total. The van der Waals surface area contributed by atoms with E-state index < -0.39 is 0 Å². The SMILES string of the molecule is N#CC1(NC2CC2)CCCC1CCN1CC2CCC1C2. The molecule has 0 aromatic rings. The highest BCUT2D eigenvalue weighted by Crippen LogP contribution is 2.42. The predicted octanol–water partition coefficient (Wildman–Crippen LogP) is 2.68. The van der Waals surface area contributed by atoms with E-state index in [2.05, 4.69) is 16.3 Å². The third-order valence-electron chi connectivity index (χ3n) is 6.35. The number of hydrogen-bond donors (Lipinski definition) is 1. The summed E-state index contributed by atoms with van der Waals surface area (Å²) in [5.41, 5.74) is -0.181. The van der Waals surface area contributed by atoms with Gasteiger partial charge in [-0.2, -0.15) is 5.26 Å². The fraction of sp³-hybridized carbons (Fsp3) is 0.941. The van der Waals surface area contributed by atoms with Crippen molar-refractivity contribution in [3.63, 3.8) is 0 Å². The highest BCUT2D eigenvalue weighted by Gasteiger charge is 2.46. The Morgan fingerprint density at radius 3 is 2.75 bits per heavy atom. The normalized spacial score (nSPS) is 44.0. The Balaban J connectivity index is 1.36. The van der Waals surface area contributed by atoms with Crippen LogP contribution in [0.1, 0.15) is 57.8 Å². The summed E-state index contributed by atoms with van der Waals surface area (Å²) in [6, 6.07) is 4.21. The van der Waals surface area contributed by atoms with Gasteiger partial charge in [-0.05, 0) is 69.7 Å². The van der Waals surface area contributed by atoms with Crippen LogP contribution in [0.25, 0.3) is 0 Å². The molecule has 2 bridgehead atoms. The molecule has 3 saturated carbocycles. The highest BCUT2D eigenvalue weighted by molar-refractivity contribution is 5.16. The Kier molecular flexibility index (Phi) is 3.27. The Hall–Kier alpha value is -0.590. The fourth-order valence-corrected chi connectivity index (χ4v) is 5.05. The lowest BCUT2D eigenvalue weighted by Gasteiger charge is -2.33. The minimum Gasteiger partial charge on any atom is -0.300 e. The van der Waals surface area contributed by atoms with Crippen molar-refractivity contribution >= 4 is 0 Å². The predicted molar refractivity (Wildman–Crippen MR) is 79.2 cm³/mol. The molecular weight excluding hydrogens is 246 g/mol. The number of nitriles is 1. The Morgan fingerprint density at radius 2 is 2.10 bits per heavy atom. The smallest absolute Gasteiger partial charge is 0.109 e. The number of nitrogens with zero attached hydrogens (tertiary/aromatic N) is 2. The summed E-state index contributed by atoms with van der Waals surface area (Å²) in [4.78, 5) is 2.73. The molecule has 3 heteroatoms. The molecule has 3 nitrogen and oxygen atoms in total. The van der Waals surface area contributed by atoms with Crippen molar-refractivity contribution in [3.05, 3.63) is 0 Å². The number of fused-ring (bicyclic) bond motifs is 2. The van der Waals surface area contributed by atoms with Crippen LogP contribution in [-0.2, 0) is 0 Å². The van der Waals surface area contributed by atoms with Crippen LogP contribution in [0.2, 0.25) is 0 Å². The van der Waals surface area contributed by atoms with E-state index in [1.165, 1.54) is 64.5 Å². The van der Waals surface area contributed by atoms with Crippen molar-refractivity contribution in [2.24, 2.45) is 11.8 Å². The fourth-order valence-electron chi connectivity index (χ4n) is 5.05. The van der Waals surface area contributed by atoms with Crippen molar-refractivity contribution in [3.8, 4) is 6.07 Å². The van der Waals surface area contributed by atoms with Crippen LogP contribution in [0, 0.1) is 23.2 Å². The van der Waals surface area contributed by atoms with Crippen LogP contribution in [0.5, 0.6) is 0 Å². The van der Waals surface area contributed by atoms with E-state index in [0.29, 0.717) is 12.0 Å². The molecule has 3 aliphatic carbocycles. The van der Waals surface area contributed by atoms with Gasteiger partial charge in [-0.3, -0.25) is 5.32 Å². The number of nitrogens with one attached hydrogen (secondary N) is 1. The molecule has 0 spiro atoms. The van der Waals surface area contributed by atoms with Crippen molar-refractivity contribution in [2.45, 2.75) is 75.4 Å². The maximum absolute atomic E-state index is 9.73. The number of rotatable bonds is 5. The van der Waals surface area contributed by atoms with Gasteiger partial charge in [0.05, 0.1) is 6.07 Å². The van der Waals surface area contributed by atoms with Crippen molar-refractivity contribution in [1.82, 2.24) is 10.2 Å². The van der Waals surface area contributed by atoms with Gasteiger partial charge in [-0.1, -0.05) is 6.42 Å². The quantitative estimate of drug-likeness (QED) is 0.837. The maximum Gasteiger partial charge on any atom is 0.109 e. The highest BCUT2D eigenvalue weighted by atomic mass is 15.2. The molecule has 1 saturated heterocycles. The van der Waals surface area contributed by atoms with Gasteiger partial charge in [0.2, 0.25) is 0 Å².